The zero-order chi connectivity index (χ0) is 22.8. The lowest BCUT2D eigenvalue weighted by Gasteiger charge is -2.25. The molecule has 0 saturated heterocycles. The second kappa shape index (κ2) is 9.41. The molecule has 1 aliphatic rings. The maximum Gasteiger partial charge on any atom is 0.291 e. The average Bonchev–Trinajstić information content (AvgIpc) is 3.46. The predicted molar refractivity (Wildman–Crippen MR) is 134 cm³/mol. The third-order valence-corrected chi connectivity index (χ3v) is 7.46. The van der Waals surface area contributed by atoms with Crippen molar-refractivity contribution >= 4 is 39.7 Å². The number of aromatic nitrogens is 1. The molecule has 7 heteroatoms. The number of rotatable bonds is 6. The van der Waals surface area contributed by atoms with Gasteiger partial charge >= 0.3 is 0 Å². The Labute approximate surface area is 201 Å². The second-order valence-corrected chi connectivity index (χ2v) is 9.71. The summed E-state index contributed by atoms with van der Waals surface area (Å²) in [5.41, 5.74) is 4.42. The first kappa shape index (κ1) is 21.7. The Balaban J connectivity index is 1.63. The first-order valence-corrected chi connectivity index (χ1v) is 12.2. The van der Waals surface area contributed by atoms with E-state index in [1.165, 1.54) is 16.7 Å². The maximum absolute atomic E-state index is 12.9. The minimum atomic E-state index is -0.266. The lowest BCUT2D eigenvalue weighted by atomic mass is 9.89. The van der Waals surface area contributed by atoms with Gasteiger partial charge in [-0.1, -0.05) is 29.8 Å². The van der Waals surface area contributed by atoms with Crippen LogP contribution in [0.1, 0.15) is 56.6 Å². The molecule has 0 bridgehead atoms. The summed E-state index contributed by atoms with van der Waals surface area (Å²) in [7, 11) is 0. The highest BCUT2D eigenvalue weighted by Crippen LogP contribution is 2.45. The van der Waals surface area contributed by atoms with Gasteiger partial charge in [-0.3, -0.25) is 4.79 Å². The summed E-state index contributed by atoms with van der Waals surface area (Å²) >= 11 is 8.35. The molecule has 5 rings (SSSR count). The number of amides is 1. The van der Waals surface area contributed by atoms with Gasteiger partial charge < -0.3 is 15.1 Å². The molecule has 0 aliphatic heterocycles. The fraction of sp³-hybridized carbons (Fsp3) is 0.231. The van der Waals surface area contributed by atoms with Gasteiger partial charge in [-0.25, -0.2) is 4.98 Å². The zero-order valence-corrected chi connectivity index (χ0v) is 19.8. The molecule has 3 aromatic heterocycles. The topological polar surface area (TPSA) is 67.2 Å². The van der Waals surface area contributed by atoms with E-state index < -0.39 is 0 Å². The Morgan fingerprint density at radius 1 is 1.15 bits per heavy atom. The van der Waals surface area contributed by atoms with Crippen LogP contribution >= 0.6 is 22.9 Å². The monoisotopic (exact) mass is 477 g/mol. The first-order chi connectivity index (χ1) is 16.1. The number of carbonyl (C=O) groups is 1. The molecule has 1 aromatic carbocycles. The molecule has 3 heterocycles. The molecule has 0 unspecified atom stereocenters. The number of aryl methyl sites for hydroxylation is 2. The van der Waals surface area contributed by atoms with Crippen molar-refractivity contribution < 1.29 is 9.21 Å². The SMILES string of the molecule is Cc1ccnc(N[C@@H](c2ccccc2Cl)c2c(NC(=O)c3ccco3)sc3c2CCCC3)c1. The van der Waals surface area contributed by atoms with Gasteiger partial charge in [-0.05, 0) is 79.6 Å². The summed E-state index contributed by atoms with van der Waals surface area (Å²) in [5, 5.41) is 8.23. The molecule has 4 aromatic rings. The highest BCUT2D eigenvalue weighted by Gasteiger charge is 2.30. The Morgan fingerprint density at radius 3 is 2.79 bits per heavy atom. The van der Waals surface area contributed by atoms with Crippen molar-refractivity contribution in [1.29, 1.82) is 0 Å². The van der Waals surface area contributed by atoms with Gasteiger partial charge in [0.15, 0.2) is 5.76 Å². The minimum Gasteiger partial charge on any atom is -0.459 e. The third-order valence-electron chi connectivity index (χ3n) is 5.90. The zero-order valence-electron chi connectivity index (χ0n) is 18.2. The number of hydrogen-bond acceptors (Lipinski definition) is 5. The summed E-state index contributed by atoms with van der Waals surface area (Å²) in [5.74, 6) is 0.792. The highest BCUT2D eigenvalue weighted by atomic mass is 35.5. The fourth-order valence-electron chi connectivity index (χ4n) is 4.34. The molecule has 5 nitrogen and oxygen atoms in total. The summed E-state index contributed by atoms with van der Waals surface area (Å²) in [6.45, 7) is 2.04. The second-order valence-electron chi connectivity index (χ2n) is 8.20. The van der Waals surface area contributed by atoms with Crippen LogP contribution in [0, 0.1) is 6.92 Å². The lowest BCUT2D eigenvalue weighted by Crippen LogP contribution is -2.19. The molecular weight excluding hydrogens is 454 g/mol. The van der Waals surface area contributed by atoms with Crippen LogP contribution in [0.2, 0.25) is 5.02 Å². The fourth-order valence-corrected chi connectivity index (χ4v) is 5.91. The molecule has 1 aliphatic carbocycles. The molecule has 0 saturated carbocycles. The number of nitrogens with one attached hydrogen (secondary N) is 2. The van der Waals surface area contributed by atoms with E-state index in [1.54, 1.807) is 29.7 Å². The Kier molecular flexibility index (Phi) is 6.20. The van der Waals surface area contributed by atoms with E-state index in [9.17, 15) is 4.79 Å². The van der Waals surface area contributed by atoms with Crippen LogP contribution in [-0.4, -0.2) is 10.9 Å². The number of thiophene rings is 1. The first-order valence-electron chi connectivity index (χ1n) is 11.0. The molecule has 0 fully saturated rings. The van der Waals surface area contributed by atoms with Crippen LogP contribution in [0.3, 0.4) is 0 Å². The third kappa shape index (κ3) is 4.54. The van der Waals surface area contributed by atoms with Crippen LogP contribution in [0.25, 0.3) is 0 Å². The smallest absolute Gasteiger partial charge is 0.291 e. The number of nitrogens with zero attached hydrogens (tertiary/aromatic N) is 1. The summed E-state index contributed by atoms with van der Waals surface area (Å²) in [4.78, 5) is 18.8. The number of anilines is 2. The molecular formula is C26H24ClN3O2S. The highest BCUT2D eigenvalue weighted by molar-refractivity contribution is 7.16. The van der Waals surface area contributed by atoms with Crippen molar-refractivity contribution in [2.24, 2.45) is 0 Å². The number of fused-ring (bicyclic) bond motifs is 1. The van der Waals surface area contributed by atoms with Gasteiger partial charge in [0.05, 0.1) is 12.3 Å². The minimum absolute atomic E-state index is 0.258. The van der Waals surface area contributed by atoms with E-state index in [2.05, 4.69) is 15.6 Å². The van der Waals surface area contributed by atoms with Crippen LogP contribution < -0.4 is 10.6 Å². The number of benzene rings is 1. The van der Waals surface area contributed by atoms with Crippen molar-refractivity contribution in [3.05, 3.63) is 98.9 Å². The van der Waals surface area contributed by atoms with Crippen LogP contribution in [0.5, 0.6) is 0 Å². The number of hydrogen-bond donors (Lipinski definition) is 2. The number of halogens is 1. The van der Waals surface area contributed by atoms with E-state index in [4.69, 9.17) is 16.0 Å². The molecule has 1 atom stereocenters. The van der Waals surface area contributed by atoms with Gasteiger partial charge in [0.1, 0.15) is 10.8 Å². The van der Waals surface area contributed by atoms with Gasteiger partial charge in [0, 0.05) is 21.7 Å². The Hall–Kier alpha value is -3.09. The summed E-state index contributed by atoms with van der Waals surface area (Å²) < 4.78 is 5.33. The largest absolute Gasteiger partial charge is 0.459 e. The van der Waals surface area contributed by atoms with E-state index >= 15 is 0 Å². The van der Waals surface area contributed by atoms with Crippen molar-refractivity contribution in [1.82, 2.24) is 4.98 Å². The van der Waals surface area contributed by atoms with Crippen molar-refractivity contribution in [3.8, 4) is 0 Å². The molecule has 0 radical (unpaired) electrons. The normalized spacial score (nSPS) is 13.9. The summed E-state index contributed by atoms with van der Waals surface area (Å²) in [6.07, 6.45) is 7.57. The van der Waals surface area contributed by atoms with E-state index in [0.717, 1.165) is 53.2 Å². The van der Waals surface area contributed by atoms with E-state index in [-0.39, 0.29) is 17.7 Å². The van der Waals surface area contributed by atoms with Crippen LogP contribution in [-0.2, 0) is 12.8 Å². The average molecular weight is 478 g/mol. The molecule has 33 heavy (non-hydrogen) atoms. The maximum atomic E-state index is 12.9. The molecule has 168 valence electrons. The van der Waals surface area contributed by atoms with Gasteiger partial charge in [-0.2, -0.15) is 0 Å². The van der Waals surface area contributed by atoms with Crippen molar-refractivity contribution in [2.75, 3.05) is 10.6 Å². The lowest BCUT2D eigenvalue weighted by molar-refractivity contribution is 0.0997. The Morgan fingerprint density at radius 2 is 2.00 bits per heavy atom. The Bertz CT molecular complexity index is 1280. The number of carbonyl (C=O) groups excluding carboxylic acids is 1. The predicted octanol–water partition coefficient (Wildman–Crippen LogP) is 7.03. The van der Waals surface area contributed by atoms with Gasteiger partial charge in [0.2, 0.25) is 0 Å². The van der Waals surface area contributed by atoms with Gasteiger partial charge in [0.25, 0.3) is 5.91 Å². The van der Waals surface area contributed by atoms with E-state index in [0.29, 0.717) is 5.02 Å². The van der Waals surface area contributed by atoms with Crippen LogP contribution in [0.15, 0.2) is 65.4 Å². The standard InChI is InChI=1S/C26H24ClN3O2S/c1-16-12-13-28-22(15-16)29-24(17-7-2-4-9-19(17)27)23-18-8-3-5-11-21(18)33-26(23)30-25(31)20-10-6-14-32-20/h2,4,6-7,9-10,12-15,24H,3,5,8,11H2,1H3,(H,28,29)(H,30,31)/t24-/m0/s1. The van der Waals surface area contributed by atoms with Gasteiger partial charge in [-0.15, -0.1) is 11.3 Å². The molecule has 2 N–H and O–H groups in total. The number of furan rings is 1. The van der Waals surface area contributed by atoms with E-state index in [1.807, 2.05) is 43.3 Å². The summed E-state index contributed by atoms with van der Waals surface area (Å²) in [6, 6.07) is 14.9. The van der Waals surface area contributed by atoms with Crippen molar-refractivity contribution in [3.63, 3.8) is 0 Å². The van der Waals surface area contributed by atoms with Crippen LogP contribution in [0.4, 0.5) is 10.8 Å². The number of pyridine rings is 1. The quantitative estimate of drug-likeness (QED) is 0.313. The molecule has 1 amide bonds. The van der Waals surface area contributed by atoms with Crippen molar-refractivity contribution in [2.45, 2.75) is 38.6 Å². The molecule has 0 spiro atoms.